The number of carbonyl (C=O) groups is 2. The number of anilines is 1. The topological polar surface area (TPSA) is 107 Å². The Morgan fingerprint density at radius 2 is 1.87 bits per heavy atom. The van der Waals surface area contributed by atoms with Crippen molar-refractivity contribution in [1.82, 2.24) is 9.47 Å². The van der Waals surface area contributed by atoms with Crippen molar-refractivity contribution < 1.29 is 19.2 Å². The van der Waals surface area contributed by atoms with Crippen LogP contribution < -0.4 is 5.32 Å². The van der Waals surface area contributed by atoms with Crippen molar-refractivity contribution in [3.8, 4) is 0 Å². The summed E-state index contributed by atoms with van der Waals surface area (Å²) in [5.74, 6) is -1.32. The van der Waals surface area contributed by atoms with E-state index in [1.54, 1.807) is 6.07 Å². The largest absolute Gasteiger partial charge is 0.465 e. The Morgan fingerprint density at radius 3 is 2.53 bits per heavy atom. The number of rotatable bonds is 7. The van der Waals surface area contributed by atoms with E-state index in [1.165, 1.54) is 13.2 Å². The van der Waals surface area contributed by atoms with Gasteiger partial charge in [0.15, 0.2) is 0 Å². The van der Waals surface area contributed by atoms with Crippen molar-refractivity contribution in [2.75, 3.05) is 33.1 Å². The number of non-ortho nitro benzene ring substituents is 1. The monoisotopic (exact) mass is 410 g/mol. The maximum Gasteiger partial charge on any atom is 0.338 e. The maximum atomic E-state index is 12.7. The molecule has 0 bridgehead atoms. The number of fused-ring (bicyclic) bond motifs is 1. The van der Waals surface area contributed by atoms with Gasteiger partial charge in [0, 0.05) is 53.6 Å². The molecule has 9 heteroatoms. The lowest BCUT2D eigenvalue weighted by molar-refractivity contribution is -0.384. The second kappa shape index (κ2) is 8.75. The van der Waals surface area contributed by atoms with E-state index in [0.29, 0.717) is 5.69 Å². The first-order chi connectivity index (χ1) is 14.3. The fourth-order valence-corrected chi connectivity index (χ4v) is 3.07. The summed E-state index contributed by atoms with van der Waals surface area (Å²) in [6.45, 7) is 1.74. The molecule has 1 amide bonds. The molecule has 0 spiro atoms. The predicted molar refractivity (Wildman–Crippen MR) is 113 cm³/mol. The van der Waals surface area contributed by atoms with E-state index >= 15 is 0 Å². The lowest BCUT2D eigenvalue weighted by Gasteiger charge is -2.11. The molecule has 0 saturated heterocycles. The summed E-state index contributed by atoms with van der Waals surface area (Å²) in [7, 11) is 5.19. The number of methoxy groups -OCH3 is 1. The summed E-state index contributed by atoms with van der Waals surface area (Å²) in [6.07, 6.45) is 1.99. The normalized spacial score (nSPS) is 10.9. The number of aromatic nitrogens is 1. The van der Waals surface area contributed by atoms with Crippen LogP contribution in [0.25, 0.3) is 10.9 Å². The van der Waals surface area contributed by atoms with Gasteiger partial charge in [-0.1, -0.05) is 0 Å². The van der Waals surface area contributed by atoms with Gasteiger partial charge < -0.3 is 19.5 Å². The van der Waals surface area contributed by atoms with E-state index in [2.05, 4.69) is 19.5 Å². The van der Waals surface area contributed by atoms with E-state index in [0.717, 1.165) is 36.1 Å². The summed E-state index contributed by atoms with van der Waals surface area (Å²) in [5, 5.41) is 14.8. The number of nitro groups is 1. The van der Waals surface area contributed by atoms with Gasteiger partial charge in [0.05, 0.1) is 17.6 Å². The van der Waals surface area contributed by atoms with Gasteiger partial charge in [-0.05, 0) is 44.4 Å². The van der Waals surface area contributed by atoms with Crippen molar-refractivity contribution in [2.45, 2.75) is 6.54 Å². The summed E-state index contributed by atoms with van der Waals surface area (Å²) in [4.78, 5) is 37.1. The lowest BCUT2D eigenvalue weighted by atomic mass is 10.1. The molecule has 0 atom stereocenters. The smallest absolute Gasteiger partial charge is 0.338 e. The number of ether oxygens (including phenoxy) is 1. The Bertz CT molecular complexity index is 1120. The first-order valence-corrected chi connectivity index (χ1v) is 9.21. The SMILES string of the molecule is COC(=O)c1cc(C(=O)Nc2ccc3c(ccn3CCN(C)C)c2)cc([N+](=O)[O-])c1. The van der Waals surface area contributed by atoms with Crippen LogP contribution in [0, 0.1) is 10.1 Å². The molecule has 1 N–H and O–H groups in total. The Morgan fingerprint density at radius 1 is 1.13 bits per heavy atom. The Hall–Kier alpha value is -3.72. The number of nitro benzene ring substituents is 1. The summed E-state index contributed by atoms with van der Waals surface area (Å²) < 4.78 is 6.74. The first kappa shape index (κ1) is 21.0. The number of esters is 1. The minimum absolute atomic E-state index is 0.00625. The lowest BCUT2D eigenvalue weighted by Crippen LogP contribution is -2.17. The Balaban J connectivity index is 1.85. The van der Waals surface area contributed by atoms with Crippen LogP contribution in [0.3, 0.4) is 0 Å². The van der Waals surface area contributed by atoms with E-state index in [9.17, 15) is 19.7 Å². The number of benzene rings is 2. The summed E-state index contributed by atoms with van der Waals surface area (Å²) in [6, 6.07) is 10.9. The van der Waals surface area contributed by atoms with Crippen molar-refractivity contribution >= 4 is 34.2 Å². The average molecular weight is 410 g/mol. The molecule has 3 aromatic rings. The van der Waals surface area contributed by atoms with Gasteiger partial charge in [-0.25, -0.2) is 4.79 Å². The number of likely N-dealkylation sites (N-methyl/N-ethyl adjacent to an activating group) is 1. The Labute approximate surface area is 173 Å². The van der Waals surface area contributed by atoms with Gasteiger partial charge in [0.1, 0.15) is 0 Å². The van der Waals surface area contributed by atoms with Crippen LogP contribution in [0.15, 0.2) is 48.7 Å². The van der Waals surface area contributed by atoms with Crippen LogP contribution in [-0.4, -0.2) is 54.0 Å². The minimum atomic E-state index is -0.756. The highest BCUT2D eigenvalue weighted by atomic mass is 16.6. The highest BCUT2D eigenvalue weighted by Crippen LogP contribution is 2.23. The molecule has 0 aliphatic heterocycles. The van der Waals surface area contributed by atoms with Gasteiger partial charge in [-0.3, -0.25) is 14.9 Å². The molecule has 2 aromatic carbocycles. The summed E-state index contributed by atoms with van der Waals surface area (Å²) >= 11 is 0. The fraction of sp³-hybridized carbons (Fsp3) is 0.238. The molecule has 1 aromatic heterocycles. The molecule has 0 fully saturated rings. The van der Waals surface area contributed by atoms with E-state index in [1.807, 2.05) is 38.5 Å². The Kier molecular flexibility index (Phi) is 6.12. The average Bonchev–Trinajstić information content (AvgIpc) is 3.13. The molecular weight excluding hydrogens is 388 g/mol. The second-order valence-corrected chi connectivity index (χ2v) is 7.06. The molecule has 156 valence electrons. The van der Waals surface area contributed by atoms with E-state index in [4.69, 9.17) is 0 Å². The van der Waals surface area contributed by atoms with Crippen molar-refractivity contribution in [1.29, 1.82) is 0 Å². The highest BCUT2D eigenvalue weighted by molar-refractivity contribution is 6.07. The molecular formula is C21H22N4O5. The zero-order chi connectivity index (χ0) is 21.8. The van der Waals surface area contributed by atoms with Crippen LogP contribution in [0.2, 0.25) is 0 Å². The van der Waals surface area contributed by atoms with Gasteiger partial charge in [0.25, 0.3) is 11.6 Å². The number of hydrogen-bond donors (Lipinski definition) is 1. The number of carbonyl (C=O) groups excluding carboxylic acids is 2. The van der Waals surface area contributed by atoms with Crippen molar-refractivity contribution in [3.63, 3.8) is 0 Å². The second-order valence-electron chi connectivity index (χ2n) is 7.06. The molecule has 30 heavy (non-hydrogen) atoms. The molecule has 1 heterocycles. The van der Waals surface area contributed by atoms with Crippen LogP contribution >= 0.6 is 0 Å². The third-order valence-electron chi connectivity index (χ3n) is 4.63. The molecule has 9 nitrogen and oxygen atoms in total. The molecule has 0 aliphatic carbocycles. The third-order valence-corrected chi connectivity index (χ3v) is 4.63. The third kappa shape index (κ3) is 4.64. The number of nitrogens with zero attached hydrogens (tertiary/aromatic N) is 3. The first-order valence-electron chi connectivity index (χ1n) is 9.21. The fourth-order valence-electron chi connectivity index (χ4n) is 3.07. The van der Waals surface area contributed by atoms with E-state index < -0.39 is 16.8 Å². The number of nitrogens with one attached hydrogen (secondary N) is 1. The number of hydrogen-bond acceptors (Lipinski definition) is 6. The predicted octanol–water partition coefficient (Wildman–Crippen LogP) is 3.15. The van der Waals surface area contributed by atoms with Gasteiger partial charge in [0.2, 0.25) is 0 Å². The molecule has 0 saturated carbocycles. The van der Waals surface area contributed by atoms with E-state index in [-0.39, 0.29) is 16.8 Å². The molecule has 0 radical (unpaired) electrons. The van der Waals surface area contributed by atoms with Gasteiger partial charge in [-0.15, -0.1) is 0 Å². The molecule has 0 aliphatic rings. The highest BCUT2D eigenvalue weighted by Gasteiger charge is 2.18. The van der Waals surface area contributed by atoms with Crippen LogP contribution in [0.1, 0.15) is 20.7 Å². The quantitative estimate of drug-likeness (QED) is 0.364. The van der Waals surface area contributed by atoms with Crippen molar-refractivity contribution in [3.05, 3.63) is 69.9 Å². The minimum Gasteiger partial charge on any atom is -0.465 e. The number of amides is 1. The molecule has 3 rings (SSSR count). The zero-order valence-electron chi connectivity index (χ0n) is 16.9. The molecule has 0 unspecified atom stereocenters. The standard InChI is InChI=1S/C21H22N4O5/c1-23(2)8-9-24-7-6-14-11-17(4-5-19(14)24)22-20(26)15-10-16(21(27)30-3)13-18(12-15)25(28)29/h4-7,10-13H,8-9H2,1-3H3,(H,22,26). The van der Waals surface area contributed by atoms with Crippen molar-refractivity contribution in [2.24, 2.45) is 0 Å². The van der Waals surface area contributed by atoms with Gasteiger partial charge in [-0.2, -0.15) is 0 Å². The van der Waals surface area contributed by atoms with Crippen LogP contribution in [-0.2, 0) is 11.3 Å². The van der Waals surface area contributed by atoms with Crippen LogP contribution in [0.4, 0.5) is 11.4 Å². The maximum absolute atomic E-state index is 12.7. The zero-order valence-corrected chi connectivity index (χ0v) is 16.9. The summed E-state index contributed by atoms with van der Waals surface area (Å²) in [5.41, 5.74) is 1.15. The van der Waals surface area contributed by atoms with Crippen LogP contribution in [0.5, 0.6) is 0 Å². The van der Waals surface area contributed by atoms with Gasteiger partial charge >= 0.3 is 5.97 Å².